The number of aromatic nitrogens is 1. The molecule has 5 nitrogen and oxygen atoms in total. The summed E-state index contributed by atoms with van der Waals surface area (Å²) >= 11 is 5.84. The number of nitrogens with one attached hydrogen (secondary N) is 1. The van der Waals surface area contributed by atoms with Crippen LogP contribution in [-0.2, 0) is 11.0 Å². The predicted octanol–water partition coefficient (Wildman–Crippen LogP) is 3.69. The number of carbonyl (C=O) groups excluding carboxylic acids is 1. The monoisotopic (exact) mass is 372 g/mol. The van der Waals surface area contributed by atoms with Gasteiger partial charge in [-0.25, -0.2) is 14.4 Å². The summed E-state index contributed by atoms with van der Waals surface area (Å²) in [5, 5.41) is 7.28. The van der Waals surface area contributed by atoms with Crippen molar-refractivity contribution in [2.75, 3.05) is 17.4 Å². The van der Waals surface area contributed by atoms with Crippen LogP contribution in [0.25, 0.3) is 0 Å². The van der Waals surface area contributed by atoms with E-state index in [0.29, 0.717) is 18.0 Å². The lowest BCUT2D eigenvalue weighted by Gasteiger charge is -2.15. The van der Waals surface area contributed by atoms with Gasteiger partial charge in [-0.15, -0.1) is 0 Å². The molecule has 0 spiro atoms. The Bertz CT molecular complexity index is 898. The van der Waals surface area contributed by atoms with Crippen LogP contribution in [-0.4, -0.2) is 23.7 Å². The number of hydrogen-bond donors (Lipinski definition) is 1. The highest BCUT2D eigenvalue weighted by molar-refractivity contribution is 6.53. The van der Waals surface area contributed by atoms with E-state index in [1.807, 2.05) is 0 Å². The summed E-state index contributed by atoms with van der Waals surface area (Å²) < 4.78 is 51.4. The van der Waals surface area contributed by atoms with Crippen molar-refractivity contribution in [1.82, 2.24) is 4.98 Å². The molecule has 0 radical (unpaired) electrons. The van der Waals surface area contributed by atoms with Gasteiger partial charge in [0.05, 0.1) is 16.3 Å². The number of halogens is 5. The van der Waals surface area contributed by atoms with Crippen molar-refractivity contribution in [2.45, 2.75) is 6.18 Å². The van der Waals surface area contributed by atoms with Crippen molar-refractivity contribution in [2.24, 2.45) is 5.10 Å². The lowest BCUT2D eigenvalue weighted by molar-refractivity contribution is -0.137. The molecular formula is C15H9ClF4N4O. The zero-order valence-electron chi connectivity index (χ0n) is 12.5. The maximum atomic E-state index is 13.4. The van der Waals surface area contributed by atoms with Crippen LogP contribution in [0.1, 0.15) is 11.1 Å². The minimum Gasteiger partial charge on any atom is -0.320 e. The number of rotatable bonds is 2. The highest BCUT2D eigenvalue weighted by atomic mass is 35.5. The molecule has 10 heteroatoms. The second kappa shape index (κ2) is 5.99. The van der Waals surface area contributed by atoms with E-state index in [9.17, 15) is 22.4 Å². The van der Waals surface area contributed by atoms with Gasteiger partial charge >= 0.3 is 6.18 Å². The largest absolute Gasteiger partial charge is 0.417 e. The average molecular weight is 373 g/mol. The lowest BCUT2D eigenvalue weighted by atomic mass is 10.1. The molecule has 1 aliphatic rings. The Morgan fingerprint density at radius 2 is 2.00 bits per heavy atom. The molecule has 0 aliphatic carbocycles. The number of carbonyl (C=O) groups is 1. The lowest BCUT2D eigenvalue weighted by Crippen LogP contribution is -2.21. The fraction of sp³-hybridized carbons (Fsp3) is 0.133. The molecule has 0 saturated heterocycles. The number of pyridine rings is 1. The fourth-order valence-corrected chi connectivity index (χ4v) is 2.53. The maximum Gasteiger partial charge on any atom is 0.417 e. The average Bonchev–Trinajstić information content (AvgIpc) is 2.82. The number of nitrogens with zero attached hydrogens (tertiary/aromatic N) is 3. The van der Waals surface area contributed by atoms with Gasteiger partial charge in [-0.1, -0.05) is 11.6 Å². The Morgan fingerprint density at radius 1 is 1.28 bits per heavy atom. The Balaban J connectivity index is 1.98. The predicted molar refractivity (Wildman–Crippen MR) is 84.2 cm³/mol. The molecule has 1 aliphatic heterocycles. The molecule has 0 bridgehead atoms. The summed E-state index contributed by atoms with van der Waals surface area (Å²) in [7, 11) is 1.36. The molecule has 25 heavy (non-hydrogen) atoms. The van der Waals surface area contributed by atoms with Crippen LogP contribution in [0.4, 0.5) is 29.1 Å². The van der Waals surface area contributed by atoms with Crippen LogP contribution in [0.15, 0.2) is 35.6 Å². The molecule has 0 atom stereocenters. The Morgan fingerprint density at radius 3 is 2.64 bits per heavy atom. The van der Waals surface area contributed by atoms with Crippen LogP contribution >= 0.6 is 11.6 Å². The molecule has 2 aromatic rings. The number of hydrogen-bond acceptors (Lipinski definition) is 4. The third-order valence-electron chi connectivity index (χ3n) is 3.41. The zero-order chi connectivity index (χ0) is 18.4. The summed E-state index contributed by atoms with van der Waals surface area (Å²) in [6, 6.07) is 4.40. The summed E-state index contributed by atoms with van der Waals surface area (Å²) in [4.78, 5) is 15.6. The molecule has 3 rings (SSSR count). The van der Waals surface area contributed by atoms with E-state index in [1.54, 1.807) is 0 Å². The van der Waals surface area contributed by atoms with E-state index >= 15 is 0 Å². The van der Waals surface area contributed by atoms with Crippen molar-refractivity contribution in [3.63, 3.8) is 0 Å². The smallest absolute Gasteiger partial charge is 0.320 e. The first-order valence-electron chi connectivity index (χ1n) is 6.83. The van der Waals surface area contributed by atoms with Gasteiger partial charge in [0.15, 0.2) is 11.5 Å². The minimum absolute atomic E-state index is 0.0835. The molecule has 130 valence electrons. The highest BCUT2D eigenvalue weighted by Crippen LogP contribution is 2.33. The van der Waals surface area contributed by atoms with Crippen LogP contribution < -0.4 is 10.3 Å². The third-order valence-corrected chi connectivity index (χ3v) is 3.68. The van der Waals surface area contributed by atoms with E-state index in [2.05, 4.69) is 15.4 Å². The molecular weight excluding hydrogens is 364 g/mol. The molecule has 2 heterocycles. The fourth-order valence-electron chi connectivity index (χ4n) is 2.25. The van der Waals surface area contributed by atoms with Crippen molar-refractivity contribution in [3.05, 3.63) is 52.4 Å². The molecule has 0 fully saturated rings. The number of alkyl halides is 3. The summed E-state index contributed by atoms with van der Waals surface area (Å²) in [5.41, 5.74) is -0.493. The van der Waals surface area contributed by atoms with E-state index < -0.39 is 23.5 Å². The van der Waals surface area contributed by atoms with E-state index in [1.165, 1.54) is 19.2 Å². The number of amides is 1. The molecule has 1 amide bonds. The van der Waals surface area contributed by atoms with Gasteiger partial charge in [0.25, 0.3) is 5.91 Å². The Labute approximate surface area is 143 Å². The third kappa shape index (κ3) is 3.27. The zero-order valence-corrected chi connectivity index (χ0v) is 13.3. The minimum atomic E-state index is -4.58. The Hall–Kier alpha value is -2.68. The SMILES string of the molecule is CN(N=C1C(=O)Nc2ccc(F)cc21)c1ncc(C(F)(F)F)cc1Cl. The molecule has 1 N–H and O–H groups in total. The molecule has 0 saturated carbocycles. The van der Waals surface area contributed by atoms with Crippen LogP contribution in [0.5, 0.6) is 0 Å². The number of fused-ring (bicyclic) bond motifs is 1. The van der Waals surface area contributed by atoms with Gasteiger partial charge in [-0.3, -0.25) is 4.79 Å². The normalized spacial score (nSPS) is 15.3. The molecule has 1 aromatic carbocycles. The first kappa shape index (κ1) is 17.2. The second-order valence-corrected chi connectivity index (χ2v) is 5.55. The van der Waals surface area contributed by atoms with Gasteiger partial charge in [0.1, 0.15) is 5.82 Å². The van der Waals surface area contributed by atoms with E-state index in [4.69, 9.17) is 11.6 Å². The number of hydrazone groups is 1. The van der Waals surface area contributed by atoms with Gasteiger partial charge in [-0.05, 0) is 24.3 Å². The van der Waals surface area contributed by atoms with Crippen LogP contribution in [0.3, 0.4) is 0 Å². The van der Waals surface area contributed by atoms with E-state index in [0.717, 1.165) is 11.1 Å². The Kier molecular flexibility index (Phi) is 4.11. The maximum absolute atomic E-state index is 13.4. The quantitative estimate of drug-likeness (QED) is 0.646. The first-order chi connectivity index (χ1) is 11.7. The van der Waals surface area contributed by atoms with Gasteiger partial charge in [0, 0.05) is 18.8 Å². The van der Waals surface area contributed by atoms with Gasteiger partial charge in [-0.2, -0.15) is 18.3 Å². The van der Waals surface area contributed by atoms with E-state index in [-0.39, 0.29) is 22.1 Å². The summed E-state index contributed by atoms with van der Waals surface area (Å²) in [6.07, 6.45) is -3.97. The molecule has 0 unspecified atom stereocenters. The topological polar surface area (TPSA) is 57.6 Å². The summed E-state index contributed by atoms with van der Waals surface area (Å²) in [6.45, 7) is 0. The van der Waals surface area contributed by atoms with Crippen LogP contribution in [0, 0.1) is 5.82 Å². The highest BCUT2D eigenvalue weighted by Gasteiger charge is 2.32. The summed E-state index contributed by atoms with van der Waals surface area (Å²) in [5.74, 6) is -1.22. The second-order valence-electron chi connectivity index (χ2n) is 5.14. The van der Waals surface area contributed by atoms with Crippen molar-refractivity contribution in [1.29, 1.82) is 0 Å². The van der Waals surface area contributed by atoms with Gasteiger partial charge in [0.2, 0.25) is 0 Å². The standard InChI is InChI=1S/C15H9ClF4N4O/c1-24(13-10(16)4-7(6-21-13)15(18,19)20)23-12-9-5-8(17)2-3-11(9)22-14(12)25/h2-6H,1H3,(H,22,23,25). The van der Waals surface area contributed by atoms with Crippen molar-refractivity contribution in [3.8, 4) is 0 Å². The van der Waals surface area contributed by atoms with Gasteiger partial charge < -0.3 is 5.32 Å². The van der Waals surface area contributed by atoms with Crippen molar-refractivity contribution >= 4 is 34.7 Å². The van der Waals surface area contributed by atoms with Crippen molar-refractivity contribution < 1.29 is 22.4 Å². The number of benzene rings is 1. The molecule has 1 aromatic heterocycles. The van der Waals surface area contributed by atoms with Crippen LogP contribution in [0.2, 0.25) is 5.02 Å². The number of anilines is 2. The first-order valence-corrected chi connectivity index (χ1v) is 7.21.